The maximum absolute atomic E-state index is 13.0. The Morgan fingerprint density at radius 2 is 1.63 bits per heavy atom. The van der Waals surface area contributed by atoms with Gasteiger partial charge in [-0.05, 0) is 118 Å². The lowest BCUT2D eigenvalue weighted by atomic mass is 9.49. The van der Waals surface area contributed by atoms with Crippen LogP contribution in [0.5, 0.6) is 5.75 Å². The molecule has 3 aliphatic carbocycles. The van der Waals surface area contributed by atoms with Crippen molar-refractivity contribution in [3.63, 3.8) is 0 Å². The van der Waals surface area contributed by atoms with Crippen LogP contribution in [0.4, 0.5) is 22.0 Å². The number of nitrogens with zero attached hydrogens (tertiary/aromatic N) is 1. The average molecular weight is 658 g/mol. The number of alkyl halides is 5. The van der Waals surface area contributed by atoms with Crippen LogP contribution in [-0.4, -0.2) is 65.0 Å². The van der Waals surface area contributed by atoms with Gasteiger partial charge in [-0.3, -0.25) is 4.79 Å². The highest BCUT2D eigenvalue weighted by Crippen LogP contribution is 2.68. The summed E-state index contributed by atoms with van der Waals surface area (Å²) in [5, 5.41) is 22.1. The van der Waals surface area contributed by atoms with Gasteiger partial charge in [0.1, 0.15) is 17.5 Å². The van der Waals surface area contributed by atoms with Gasteiger partial charge in [-0.15, -0.1) is 0 Å². The van der Waals surface area contributed by atoms with E-state index in [-0.39, 0.29) is 24.2 Å². The van der Waals surface area contributed by atoms with E-state index in [1.54, 1.807) is 6.07 Å². The summed E-state index contributed by atoms with van der Waals surface area (Å²) in [5.74, 6) is -3.09. The molecule has 0 spiro atoms. The van der Waals surface area contributed by atoms with Gasteiger partial charge in [0, 0.05) is 11.8 Å². The fourth-order valence-corrected chi connectivity index (χ4v) is 9.76. The van der Waals surface area contributed by atoms with Crippen LogP contribution in [0.3, 0.4) is 0 Å². The molecule has 10 heteroatoms. The fourth-order valence-electron chi connectivity index (χ4n) is 9.76. The van der Waals surface area contributed by atoms with Crippen molar-refractivity contribution in [3.8, 4) is 5.75 Å². The number of carbonyl (C=O) groups excluding carboxylic acids is 1. The molecule has 5 rings (SSSR count). The molecule has 1 aromatic carbocycles. The van der Waals surface area contributed by atoms with Gasteiger partial charge in [0.05, 0.1) is 6.42 Å². The second kappa shape index (κ2) is 13.9. The summed E-state index contributed by atoms with van der Waals surface area (Å²) in [6.07, 6.45) is 4.64. The fraction of sp³-hybridized carbons (Fsp3) is 0.806. The average Bonchev–Trinajstić information content (AvgIpc) is 3.38. The first-order valence-corrected chi connectivity index (χ1v) is 17.5. The first kappa shape index (κ1) is 35.4. The highest BCUT2D eigenvalue weighted by molar-refractivity contribution is 5.74. The van der Waals surface area contributed by atoms with E-state index in [1.165, 1.54) is 11.1 Å². The number of hydrogen-bond acceptors (Lipinski definition) is 5. The maximum atomic E-state index is 13.0. The second-order valence-corrected chi connectivity index (χ2v) is 15.1. The molecule has 2 saturated carbocycles. The molecule has 4 aliphatic rings. The molecule has 260 valence electrons. The third kappa shape index (κ3) is 7.08. The normalized spacial score (nSPS) is 32.2. The second-order valence-electron chi connectivity index (χ2n) is 15.1. The number of carbonyl (C=O) groups is 1. The molecule has 46 heavy (non-hydrogen) atoms. The van der Waals surface area contributed by atoms with Gasteiger partial charge in [0.2, 0.25) is 0 Å². The molecule has 1 saturated heterocycles. The van der Waals surface area contributed by atoms with E-state index in [2.05, 4.69) is 24.9 Å². The van der Waals surface area contributed by atoms with Crippen LogP contribution in [-0.2, 0) is 16.0 Å². The van der Waals surface area contributed by atoms with Crippen molar-refractivity contribution in [1.29, 1.82) is 0 Å². The zero-order valence-corrected chi connectivity index (χ0v) is 27.4. The molecule has 3 fully saturated rings. The minimum absolute atomic E-state index is 0.0897. The summed E-state index contributed by atoms with van der Waals surface area (Å²) in [6, 6.07) is 5.84. The summed E-state index contributed by atoms with van der Waals surface area (Å²) >= 11 is 0. The number of benzene rings is 1. The Balaban J connectivity index is 1.06. The van der Waals surface area contributed by atoms with Crippen LogP contribution in [0.15, 0.2) is 18.2 Å². The zero-order chi connectivity index (χ0) is 33.3. The molecule has 7 atom stereocenters. The summed E-state index contributed by atoms with van der Waals surface area (Å²) in [7, 11) is 2.10. The summed E-state index contributed by atoms with van der Waals surface area (Å²) in [5.41, 5.74) is 1.12. The van der Waals surface area contributed by atoms with Gasteiger partial charge < -0.3 is 19.8 Å². The summed E-state index contributed by atoms with van der Waals surface area (Å²) in [6.45, 7) is 4.12. The number of esters is 1. The van der Waals surface area contributed by atoms with Crippen molar-refractivity contribution in [2.45, 2.75) is 139 Å². The minimum atomic E-state index is -5.46. The van der Waals surface area contributed by atoms with Gasteiger partial charge in [-0.2, -0.15) is 22.0 Å². The van der Waals surface area contributed by atoms with E-state index >= 15 is 0 Å². The topological polar surface area (TPSA) is 70.0 Å². The first-order valence-electron chi connectivity index (χ1n) is 17.5. The van der Waals surface area contributed by atoms with Crippen LogP contribution in [0.2, 0.25) is 0 Å². The van der Waals surface area contributed by atoms with E-state index in [0.29, 0.717) is 42.3 Å². The van der Waals surface area contributed by atoms with Crippen molar-refractivity contribution in [3.05, 3.63) is 29.3 Å². The van der Waals surface area contributed by atoms with Crippen LogP contribution in [0, 0.1) is 23.2 Å². The summed E-state index contributed by atoms with van der Waals surface area (Å²) < 4.78 is 68.4. The number of phenolic OH excluding ortho intramolecular Hbond substituents is 1. The largest absolute Gasteiger partial charge is 0.508 e. The molecule has 5 nitrogen and oxygen atoms in total. The molecule has 0 aromatic heterocycles. The smallest absolute Gasteiger partial charge is 0.453 e. The first-order chi connectivity index (χ1) is 21.7. The Kier molecular flexibility index (Phi) is 10.7. The Hall–Kier alpha value is -1.94. The number of aryl methyl sites for hydroxylation is 1. The highest BCUT2D eigenvalue weighted by atomic mass is 19.4. The number of rotatable bonds is 15. The van der Waals surface area contributed by atoms with Crippen LogP contribution < -0.4 is 0 Å². The zero-order valence-electron chi connectivity index (χ0n) is 27.4. The Morgan fingerprint density at radius 3 is 2.33 bits per heavy atom. The third-order valence-electron chi connectivity index (χ3n) is 12.2. The molecule has 1 unspecified atom stereocenters. The van der Waals surface area contributed by atoms with Gasteiger partial charge in [0.15, 0.2) is 0 Å². The van der Waals surface area contributed by atoms with Crippen molar-refractivity contribution in [2.24, 2.45) is 23.2 Å². The molecule has 2 N–H and O–H groups in total. The Morgan fingerprint density at radius 1 is 0.978 bits per heavy atom. The minimum Gasteiger partial charge on any atom is -0.508 e. The third-order valence-corrected chi connectivity index (χ3v) is 12.2. The molecule has 1 aromatic rings. The molecule has 0 radical (unpaired) electrons. The predicted octanol–water partition coefficient (Wildman–Crippen LogP) is 8.55. The SMILES string of the molecule is CN(CCCCCCCCC(F)(F)C(F)(F)F)CCCCC[C@H]1C[C@@]2(C)[C@@H](CC3OC(=O)C[C@@]32O)[C@@H]2CCc3cc(O)ccc3[C@@H]12. The number of hydrogen-bond donors (Lipinski definition) is 2. The molecule has 0 amide bonds. The highest BCUT2D eigenvalue weighted by Gasteiger charge is 2.71. The van der Waals surface area contributed by atoms with Gasteiger partial charge >= 0.3 is 18.1 Å². The molecular weight excluding hydrogens is 605 g/mol. The molecule has 1 aliphatic heterocycles. The standard InChI is InChI=1S/C36H52F5NO4/c1-33-22-25(12-8-7-11-19-42(2)18-10-6-4-3-5-9-17-35(37,38)36(39,40)41)32-27-16-14-26(43)20-24(27)13-15-28(32)29(33)21-30-34(33,45)23-31(44)46-30/h14,16,20,25,28-30,32,43,45H,3-13,15,17-19,21-23H2,1-2H3/t25-,28-,29-,30?,32+,33-,34+/m0/s1. The number of fused-ring (bicyclic) bond motifs is 7. The van der Waals surface area contributed by atoms with Crippen molar-refractivity contribution < 1.29 is 41.7 Å². The van der Waals surface area contributed by atoms with E-state index < -0.39 is 30.2 Å². The van der Waals surface area contributed by atoms with Gasteiger partial charge in [0.25, 0.3) is 0 Å². The lowest BCUT2D eigenvalue weighted by molar-refractivity contribution is -0.284. The van der Waals surface area contributed by atoms with E-state index in [0.717, 1.165) is 83.7 Å². The van der Waals surface area contributed by atoms with Crippen molar-refractivity contribution in [1.82, 2.24) is 4.90 Å². The number of halogens is 5. The van der Waals surface area contributed by atoms with Crippen molar-refractivity contribution >= 4 is 5.97 Å². The van der Waals surface area contributed by atoms with E-state index in [9.17, 15) is 37.0 Å². The number of aromatic hydroxyl groups is 1. The Bertz CT molecular complexity index is 1210. The predicted molar refractivity (Wildman–Crippen MR) is 166 cm³/mol. The lowest BCUT2D eigenvalue weighted by Crippen LogP contribution is -2.54. The summed E-state index contributed by atoms with van der Waals surface area (Å²) in [4.78, 5) is 14.6. The number of unbranched alkanes of at least 4 members (excludes halogenated alkanes) is 7. The monoisotopic (exact) mass is 657 g/mol. The number of phenols is 1. The van der Waals surface area contributed by atoms with Crippen molar-refractivity contribution in [2.75, 3.05) is 20.1 Å². The van der Waals surface area contributed by atoms with Crippen LogP contribution in [0.1, 0.15) is 120 Å². The maximum Gasteiger partial charge on any atom is 0.453 e. The molecule has 1 heterocycles. The number of aliphatic hydroxyl groups is 1. The van der Waals surface area contributed by atoms with Crippen LogP contribution in [0.25, 0.3) is 0 Å². The number of ether oxygens (including phenoxy) is 1. The molecule has 0 bridgehead atoms. The van der Waals surface area contributed by atoms with E-state index in [1.807, 2.05) is 6.07 Å². The van der Waals surface area contributed by atoms with Gasteiger partial charge in [-0.1, -0.05) is 51.5 Å². The Labute approximate surface area is 270 Å². The quantitative estimate of drug-likeness (QED) is 0.112. The van der Waals surface area contributed by atoms with E-state index in [4.69, 9.17) is 4.74 Å². The lowest BCUT2D eigenvalue weighted by Gasteiger charge is -2.56. The molecular formula is C36H52F5NO4. The van der Waals surface area contributed by atoms with Gasteiger partial charge in [-0.25, -0.2) is 0 Å². The van der Waals surface area contributed by atoms with Crippen LogP contribution >= 0.6 is 0 Å².